The van der Waals surface area contributed by atoms with Gasteiger partial charge in [-0.25, -0.2) is 4.39 Å². The molecule has 0 aromatic carbocycles. The third-order valence-corrected chi connectivity index (χ3v) is 6.90. The molecule has 0 atom stereocenters. The molecule has 5 heterocycles. The minimum Gasteiger partial charge on any atom is -0.370 e. The summed E-state index contributed by atoms with van der Waals surface area (Å²) >= 11 is 0. The maximum Gasteiger partial charge on any atom is 0.274 e. The molecule has 3 aliphatic rings. The lowest BCUT2D eigenvalue weighted by molar-refractivity contribution is -0.104. The molecule has 7 nitrogen and oxygen atoms in total. The Kier molecular flexibility index (Phi) is 5.06. The van der Waals surface area contributed by atoms with Crippen LogP contribution in [0.15, 0.2) is 18.5 Å². The van der Waals surface area contributed by atoms with E-state index in [0.29, 0.717) is 24.4 Å². The molecule has 2 fully saturated rings. The minimum atomic E-state index is -0.249. The highest BCUT2D eigenvalue weighted by Gasteiger charge is 2.42. The normalized spacial score (nSPS) is 21.2. The maximum absolute atomic E-state index is 13.9. The van der Waals surface area contributed by atoms with E-state index in [1.165, 1.54) is 6.20 Å². The lowest BCUT2D eigenvalue weighted by Crippen LogP contribution is -2.49. The molecule has 0 saturated carbocycles. The van der Waals surface area contributed by atoms with Gasteiger partial charge in [-0.2, -0.15) is 5.10 Å². The number of piperidine rings is 1. The van der Waals surface area contributed by atoms with E-state index < -0.39 is 0 Å². The minimum absolute atomic E-state index is 0.0399. The Hall–Kier alpha value is -2.32. The smallest absolute Gasteiger partial charge is 0.274 e. The van der Waals surface area contributed by atoms with E-state index in [-0.39, 0.29) is 17.3 Å². The van der Waals surface area contributed by atoms with Crippen LogP contribution < -0.4 is 0 Å². The van der Waals surface area contributed by atoms with Crippen molar-refractivity contribution in [1.29, 1.82) is 0 Å². The summed E-state index contributed by atoms with van der Waals surface area (Å²) in [5, 5.41) is 4.58. The molecule has 0 aliphatic carbocycles. The fourth-order valence-corrected chi connectivity index (χ4v) is 5.01. The van der Waals surface area contributed by atoms with E-state index in [4.69, 9.17) is 4.74 Å². The van der Waals surface area contributed by atoms with Crippen molar-refractivity contribution < 1.29 is 13.9 Å². The van der Waals surface area contributed by atoms with Gasteiger partial charge in [-0.3, -0.25) is 19.4 Å². The molecule has 1 amide bonds. The first-order valence-corrected chi connectivity index (χ1v) is 10.8. The second-order valence-electron chi connectivity index (χ2n) is 8.79. The van der Waals surface area contributed by atoms with Crippen molar-refractivity contribution in [2.24, 2.45) is 7.05 Å². The van der Waals surface area contributed by atoms with Crippen LogP contribution in [0, 0.1) is 5.82 Å². The van der Waals surface area contributed by atoms with Crippen molar-refractivity contribution in [1.82, 2.24) is 24.6 Å². The van der Waals surface area contributed by atoms with Gasteiger partial charge in [-0.05, 0) is 31.7 Å². The van der Waals surface area contributed by atoms with E-state index in [9.17, 15) is 9.18 Å². The highest BCUT2D eigenvalue weighted by atomic mass is 19.1. The highest BCUT2D eigenvalue weighted by molar-refractivity contribution is 5.94. The van der Waals surface area contributed by atoms with Crippen LogP contribution in [0.3, 0.4) is 0 Å². The van der Waals surface area contributed by atoms with Gasteiger partial charge in [0.2, 0.25) is 0 Å². The predicted octanol–water partition coefficient (Wildman–Crippen LogP) is 2.30. The molecule has 3 aliphatic heterocycles. The largest absolute Gasteiger partial charge is 0.370 e. The van der Waals surface area contributed by atoms with E-state index in [1.807, 2.05) is 16.6 Å². The zero-order valence-electron chi connectivity index (χ0n) is 17.4. The fourth-order valence-electron chi connectivity index (χ4n) is 5.01. The first-order chi connectivity index (χ1) is 14.5. The third-order valence-electron chi connectivity index (χ3n) is 6.90. The molecular formula is C22H28FN5O2. The van der Waals surface area contributed by atoms with Gasteiger partial charge < -0.3 is 9.64 Å². The maximum atomic E-state index is 13.9. The van der Waals surface area contributed by atoms with Crippen molar-refractivity contribution in [2.75, 3.05) is 26.2 Å². The topological polar surface area (TPSA) is 63.5 Å². The van der Waals surface area contributed by atoms with Gasteiger partial charge in [0.05, 0.1) is 18.4 Å². The van der Waals surface area contributed by atoms with E-state index in [0.717, 1.165) is 69.5 Å². The molecule has 30 heavy (non-hydrogen) atoms. The number of carbonyl (C=O) groups is 1. The van der Waals surface area contributed by atoms with Crippen LogP contribution >= 0.6 is 0 Å². The number of amides is 1. The van der Waals surface area contributed by atoms with Crippen molar-refractivity contribution in [3.8, 4) is 0 Å². The number of ether oxygens (including phenoxy) is 1. The van der Waals surface area contributed by atoms with Crippen LogP contribution in [0.2, 0.25) is 0 Å². The average Bonchev–Trinajstić information content (AvgIpc) is 3.40. The van der Waals surface area contributed by atoms with Gasteiger partial charge in [0, 0.05) is 69.2 Å². The molecule has 2 aromatic heterocycles. The molecule has 8 heteroatoms. The van der Waals surface area contributed by atoms with Gasteiger partial charge in [0.15, 0.2) is 5.69 Å². The number of halogens is 1. The third kappa shape index (κ3) is 3.52. The number of pyridine rings is 1. The van der Waals surface area contributed by atoms with E-state index in [2.05, 4.69) is 15.0 Å². The van der Waals surface area contributed by atoms with Gasteiger partial charge in [0.25, 0.3) is 5.91 Å². The van der Waals surface area contributed by atoms with Crippen LogP contribution in [-0.2, 0) is 31.4 Å². The number of aromatic nitrogens is 3. The fraction of sp³-hybridized carbons (Fsp3) is 0.591. The Labute approximate surface area is 175 Å². The van der Waals surface area contributed by atoms with Gasteiger partial charge in [-0.15, -0.1) is 0 Å². The number of nitrogens with zero attached hydrogens (tertiary/aromatic N) is 5. The SMILES string of the molecule is Cn1nc(C(=O)N2CCCC2)c2c1CC1(CCN(Cc3ccncc3F)CC1)OC2. The summed E-state index contributed by atoms with van der Waals surface area (Å²) in [5.41, 5.74) is 3.11. The Bertz CT molecular complexity index is 945. The second kappa shape index (κ2) is 7.74. The number of hydrogen-bond donors (Lipinski definition) is 0. The Morgan fingerprint density at radius 3 is 2.73 bits per heavy atom. The quantitative estimate of drug-likeness (QED) is 0.773. The lowest BCUT2D eigenvalue weighted by Gasteiger charge is -2.44. The van der Waals surface area contributed by atoms with Crippen LogP contribution in [0.4, 0.5) is 4.39 Å². The van der Waals surface area contributed by atoms with E-state index >= 15 is 0 Å². The summed E-state index contributed by atoms with van der Waals surface area (Å²) in [6.45, 7) is 4.39. The van der Waals surface area contributed by atoms with Crippen molar-refractivity contribution >= 4 is 5.91 Å². The average molecular weight is 413 g/mol. The Morgan fingerprint density at radius 1 is 1.23 bits per heavy atom. The molecular weight excluding hydrogens is 385 g/mol. The number of aryl methyl sites for hydroxylation is 1. The molecule has 2 aromatic rings. The number of fused-ring (bicyclic) bond motifs is 1. The number of carbonyl (C=O) groups excluding carboxylic acids is 1. The van der Waals surface area contributed by atoms with Crippen LogP contribution in [0.5, 0.6) is 0 Å². The molecule has 0 radical (unpaired) electrons. The zero-order chi connectivity index (χ0) is 20.7. The van der Waals surface area contributed by atoms with Crippen LogP contribution in [0.25, 0.3) is 0 Å². The Balaban J connectivity index is 1.27. The van der Waals surface area contributed by atoms with Gasteiger partial charge >= 0.3 is 0 Å². The summed E-state index contributed by atoms with van der Waals surface area (Å²) in [6, 6.07) is 1.75. The van der Waals surface area contributed by atoms with Crippen LogP contribution in [-0.4, -0.2) is 62.3 Å². The Morgan fingerprint density at radius 2 is 2.00 bits per heavy atom. The summed E-state index contributed by atoms with van der Waals surface area (Å²) in [7, 11) is 1.93. The summed E-state index contributed by atoms with van der Waals surface area (Å²) in [4.78, 5) is 20.9. The predicted molar refractivity (Wildman–Crippen MR) is 108 cm³/mol. The lowest BCUT2D eigenvalue weighted by atomic mass is 9.83. The molecule has 0 N–H and O–H groups in total. The monoisotopic (exact) mass is 413 g/mol. The van der Waals surface area contributed by atoms with Crippen LogP contribution in [0.1, 0.15) is 53.0 Å². The van der Waals surface area contributed by atoms with Crippen molar-refractivity contribution in [2.45, 2.75) is 50.9 Å². The highest BCUT2D eigenvalue weighted by Crippen LogP contribution is 2.37. The molecule has 0 bridgehead atoms. The number of hydrogen-bond acceptors (Lipinski definition) is 5. The first-order valence-electron chi connectivity index (χ1n) is 10.8. The summed E-state index contributed by atoms with van der Waals surface area (Å²) in [5.74, 6) is -0.209. The van der Waals surface area contributed by atoms with E-state index in [1.54, 1.807) is 12.3 Å². The number of rotatable bonds is 3. The standard InChI is InChI=1S/C22H28FN5O2/c1-26-19-12-22(5-10-27(11-6-22)14-16-4-7-24-13-18(16)23)30-15-17(19)20(25-26)21(29)28-8-2-3-9-28/h4,7,13H,2-3,5-6,8-12,14-15H2,1H3. The van der Waals surface area contributed by atoms with Gasteiger partial charge in [-0.1, -0.05) is 0 Å². The zero-order valence-corrected chi connectivity index (χ0v) is 17.4. The van der Waals surface area contributed by atoms with Gasteiger partial charge in [0.1, 0.15) is 5.82 Å². The summed E-state index contributed by atoms with van der Waals surface area (Å²) in [6.07, 6.45) is 7.60. The summed E-state index contributed by atoms with van der Waals surface area (Å²) < 4.78 is 22.2. The number of likely N-dealkylation sites (tertiary alicyclic amines) is 2. The second-order valence-corrected chi connectivity index (χ2v) is 8.79. The molecule has 1 spiro atoms. The van der Waals surface area contributed by atoms with Crippen molar-refractivity contribution in [3.05, 3.63) is 46.8 Å². The first kappa shape index (κ1) is 19.6. The molecule has 0 unspecified atom stereocenters. The molecule has 2 saturated heterocycles. The molecule has 5 rings (SSSR count). The van der Waals surface area contributed by atoms with Crippen molar-refractivity contribution in [3.63, 3.8) is 0 Å². The molecule has 160 valence electrons.